The molecular formula is C24H23NO5. The summed E-state index contributed by atoms with van der Waals surface area (Å²) >= 11 is 0. The molecule has 0 aliphatic rings. The number of hydrogen-bond acceptors (Lipinski definition) is 5. The smallest absolute Gasteiger partial charge is 0.338 e. The van der Waals surface area contributed by atoms with Gasteiger partial charge in [0.1, 0.15) is 11.5 Å². The summed E-state index contributed by atoms with van der Waals surface area (Å²) in [4.78, 5) is 26.1. The van der Waals surface area contributed by atoms with Gasteiger partial charge < -0.3 is 19.5 Å². The first-order valence-corrected chi connectivity index (χ1v) is 9.40. The summed E-state index contributed by atoms with van der Waals surface area (Å²) in [5.74, 6) is 0.0171. The molecule has 3 rings (SSSR count). The zero-order chi connectivity index (χ0) is 21.5. The number of nitrogens with zero attached hydrogens (tertiary/aromatic N) is 1. The SMILES string of the molecule is COc1ccccc1CN(C)C(=O)COC(=O)c1ccc(-c2ccc(O)cc2)cc1. The summed E-state index contributed by atoms with van der Waals surface area (Å²) in [5.41, 5.74) is 3.05. The van der Waals surface area contributed by atoms with Crippen molar-refractivity contribution in [3.05, 3.63) is 83.9 Å². The Hall–Kier alpha value is -3.80. The van der Waals surface area contributed by atoms with E-state index in [1.54, 1.807) is 62.7 Å². The number of amides is 1. The number of carbonyl (C=O) groups excluding carboxylic acids is 2. The maximum Gasteiger partial charge on any atom is 0.338 e. The number of hydrogen-bond donors (Lipinski definition) is 1. The van der Waals surface area contributed by atoms with Gasteiger partial charge in [0.25, 0.3) is 5.91 Å². The molecule has 0 saturated heterocycles. The van der Waals surface area contributed by atoms with Gasteiger partial charge >= 0.3 is 5.97 Å². The van der Waals surface area contributed by atoms with Crippen LogP contribution in [0.4, 0.5) is 0 Å². The lowest BCUT2D eigenvalue weighted by Gasteiger charge is -2.18. The molecule has 30 heavy (non-hydrogen) atoms. The molecule has 0 radical (unpaired) electrons. The maximum absolute atomic E-state index is 12.3. The maximum atomic E-state index is 12.3. The van der Waals surface area contributed by atoms with Crippen molar-refractivity contribution >= 4 is 11.9 Å². The molecule has 0 saturated carbocycles. The highest BCUT2D eigenvalue weighted by molar-refractivity contribution is 5.91. The molecule has 6 heteroatoms. The van der Waals surface area contributed by atoms with E-state index in [9.17, 15) is 14.7 Å². The molecule has 1 amide bonds. The van der Waals surface area contributed by atoms with Crippen molar-refractivity contribution in [1.82, 2.24) is 4.90 Å². The molecule has 3 aromatic rings. The third-order valence-corrected chi connectivity index (χ3v) is 4.67. The minimum absolute atomic E-state index is 0.194. The summed E-state index contributed by atoms with van der Waals surface area (Å²) in [5, 5.41) is 9.37. The summed E-state index contributed by atoms with van der Waals surface area (Å²) in [6.45, 7) is 0.00587. The number of aromatic hydroxyl groups is 1. The second kappa shape index (κ2) is 9.60. The number of para-hydroxylation sites is 1. The van der Waals surface area contributed by atoms with Gasteiger partial charge in [0.05, 0.1) is 12.7 Å². The van der Waals surface area contributed by atoms with Gasteiger partial charge in [-0.3, -0.25) is 4.79 Å². The Balaban J connectivity index is 1.55. The highest BCUT2D eigenvalue weighted by Crippen LogP contribution is 2.22. The average Bonchev–Trinajstić information content (AvgIpc) is 2.78. The van der Waals surface area contributed by atoms with Gasteiger partial charge in [-0.15, -0.1) is 0 Å². The van der Waals surface area contributed by atoms with E-state index in [1.165, 1.54) is 4.90 Å². The minimum Gasteiger partial charge on any atom is -0.508 e. The molecule has 0 aromatic heterocycles. The van der Waals surface area contributed by atoms with Crippen molar-refractivity contribution in [2.75, 3.05) is 20.8 Å². The van der Waals surface area contributed by atoms with Crippen LogP contribution in [0.3, 0.4) is 0 Å². The van der Waals surface area contributed by atoms with Gasteiger partial charge in [-0.25, -0.2) is 4.79 Å². The number of phenolic OH excluding ortho intramolecular Hbond substituents is 1. The molecule has 0 heterocycles. The van der Waals surface area contributed by atoms with Gasteiger partial charge in [-0.05, 0) is 41.5 Å². The third-order valence-electron chi connectivity index (χ3n) is 4.67. The number of esters is 1. The number of likely N-dealkylation sites (N-methyl/N-ethyl adjacent to an activating group) is 1. The van der Waals surface area contributed by atoms with Gasteiger partial charge in [-0.2, -0.15) is 0 Å². The third kappa shape index (κ3) is 5.17. The summed E-state index contributed by atoms with van der Waals surface area (Å²) < 4.78 is 10.5. The Morgan fingerprint density at radius 3 is 2.13 bits per heavy atom. The average molecular weight is 405 g/mol. The van der Waals surface area contributed by atoms with Crippen molar-refractivity contribution in [1.29, 1.82) is 0 Å². The van der Waals surface area contributed by atoms with Crippen LogP contribution in [0.5, 0.6) is 11.5 Å². The van der Waals surface area contributed by atoms with Gasteiger partial charge in [0.15, 0.2) is 6.61 Å². The van der Waals surface area contributed by atoms with Crippen molar-refractivity contribution < 1.29 is 24.2 Å². The van der Waals surface area contributed by atoms with E-state index in [-0.39, 0.29) is 18.3 Å². The van der Waals surface area contributed by atoms with Crippen LogP contribution in [0.1, 0.15) is 15.9 Å². The fraction of sp³-hybridized carbons (Fsp3) is 0.167. The zero-order valence-electron chi connectivity index (χ0n) is 16.9. The van der Waals surface area contributed by atoms with Gasteiger partial charge in [0, 0.05) is 19.2 Å². The normalized spacial score (nSPS) is 10.3. The molecule has 154 valence electrons. The van der Waals surface area contributed by atoms with E-state index in [1.807, 2.05) is 24.3 Å². The van der Waals surface area contributed by atoms with Crippen LogP contribution >= 0.6 is 0 Å². The lowest BCUT2D eigenvalue weighted by atomic mass is 10.0. The Bertz CT molecular complexity index is 1010. The molecular weight excluding hydrogens is 382 g/mol. The number of carbonyl (C=O) groups is 2. The van der Waals surface area contributed by atoms with Crippen LogP contribution in [0.15, 0.2) is 72.8 Å². The van der Waals surface area contributed by atoms with Gasteiger partial charge in [0.2, 0.25) is 0 Å². The van der Waals surface area contributed by atoms with E-state index in [0.717, 1.165) is 16.7 Å². The molecule has 0 unspecified atom stereocenters. The Morgan fingerprint density at radius 1 is 0.900 bits per heavy atom. The Labute approximate surface area is 175 Å². The first-order chi connectivity index (χ1) is 14.5. The Morgan fingerprint density at radius 2 is 1.50 bits per heavy atom. The van der Waals surface area contributed by atoms with Crippen molar-refractivity contribution in [3.8, 4) is 22.6 Å². The summed E-state index contributed by atoms with van der Waals surface area (Å²) in [6, 6.07) is 21.1. The fourth-order valence-electron chi connectivity index (χ4n) is 2.95. The van der Waals surface area contributed by atoms with Crippen LogP contribution < -0.4 is 4.74 Å². The number of ether oxygens (including phenoxy) is 2. The lowest BCUT2D eigenvalue weighted by molar-refractivity contribution is -0.133. The van der Waals surface area contributed by atoms with E-state index >= 15 is 0 Å². The van der Waals surface area contributed by atoms with Crippen molar-refractivity contribution in [2.24, 2.45) is 0 Å². The largest absolute Gasteiger partial charge is 0.508 e. The quantitative estimate of drug-likeness (QED) is 0.604. The molecule has 1 N–H and O–H groups in total. The molecule has 0 bridgehead atoms. The molecule has 0 fully saturated rings. The topological polar surface area (TPSA) is 76.1 Å². The first kappa shape index (κ1) is 20.9. The van der Waals surface area contributed by atoms with Crippen molar-refractivity contribution in [2.45, 2.75) is 6.54 Å². The molecule has 0 atom stereocenters. The van der Waals surface area contributed by atoms with E-state index in [0.29, 0.717) is 17.9 Å². The molecule has 0 spiro atoms. The first-order valence-electron chi connectivity index (χ1n) is 9.40. The number of methoxy groups -OCH3 is 1. The monoisotopic (exact) mass is 405 g/mol. The summed E-state index contributed by atoms with van der Waals surface area (Å²) in [7, 11) is 3.23. The molecule has 6 nitrogen and oxygen atoms in total. The van der Waals surface area contributed by atoms with Gasteiger partial charge in [-0.1, -0.05) is 42.5 Å². The Kier molecular flexibility index (Phi) is 6.70. The number of phenols is 1. The van der Waals surface area contributed by atoms with Crippen LogP contribution in [0.2, 0.25) is 0 Å². The highest BCUT2D eigenvalue weighted by atomic mass is 16.5. The predicted octanol–water partition coefficient (Wildman–Crippen LogP) is 3.88. The predicted molar refractivity (Wildman–Crippen MR) is 113 cm³/mol. The molecule has 0 aliphatic heterocycles. The van der Waals surface area contributed by atoms with Crippen LogP contribution in [0, 0.1) is 0 Å². The van der Waals surface area contributed by atoms with E-state index in [4.69, 9.17) is 9.47 Å². The molecule has 3 aromatic carbocycles. The van der Waals surface area contributed by atoms with Crippen LogP contribution in [0.25, 0.3) is 11.1 Å². The minimum atomic E-state index is -0.564. The standard InChI is InChI=1S/C24H23NO5/c1-25(15-20-5-3-4-6-22(20)29-2)23(27)16-30-24(28)19-9-7-17(8-10-19)18-11-13-21(26)14-12-18/h3-14,26H,15-16H2,1-2H3. The highest BCUT2D eigenvalue weighted by Gasteiger charge is 2.15. The number of rotatable bonds is 7. The second-order valence-corrected chi connectivity index (χ2v) is 6.76. The lowest BCUT2D eigenvalue weighted by Crippen LogP contribution is -2.31. The fourth-order valence-corrected chi connectivity index (χ4v) is 2.95. The second-order valence-electron chi connectivity index (χ2n) is 6.76. The van der Waals surface area contributed by atoms with Crippen LogP contribution in [-0.4, -0.2) is 42.6 Å². The van der Waals surface area contributed by atoms with E-state index in [2.05, 4.69) is 0 Å². The van der Waals surface area contributed by atoms with Crippen LogP contribution in [-0.2, 0) is 16.1 Å². The summed E-state index contributed by atoms with van der Waals surface area (Å²) in [6.07, 6.45) is 0. The zero-order valence-corrected chi connectivity index (χ0v) is 16.9. The van der Waals surface area contributed by atoms with E-state index < -0.39 is 5.97 Å². The molecule has 0 aliphatic carbocycles. The van der Waals surface area contributed by atoms with Crippen molar-refractivity contribution in [3.63, 3.8) is 0 Å². The number of benzene rings is 3.